The van der Waals surface area contributed by atoms with Gasteiger partial charge in [-0.2, -0.15) is 0 Å². The monoisotopic (exact) mass is 312 g/mol. The number of pyridine rings is 2. The lowest BCUT2D eigenvalue weighted by Crippen LogP contribution is -2.14. The molecule has 5 heteroatoms. The van der Waals surface area contributed by atoms with Crippen LogP contribution in [0, 0.1) is 0 Å². The van der Waals surface area contributed by atoms with Gasteiger partial charge in [-0.15, -0.1) is 11.8 Å². The first-order chi connectivity index (χ1) is 8.08. The van der Waals surface area contributed by atoms with E-state index in [2.05, 4.69) is 25.9 Å². The molecular weight excluding hydrogens is 300 g/mol. The van der Waals surface area contributed by atoms with Gasteiger partial charge in [-0.25, -0.2) is 0 Å². The van der Waals surface area contributed by atoms with Crippen molar-refractivity contribution in [3.8, 4) is 0 Å². The number of aliphatic hydroxyl groups excluding tert-OH is 1. The summed E-state index contributed by atoms with van der Waals surface area (Å²) in [4.78, 5) is 9.72. The summed E-state index contributed by atoms with van der Waals surface area (Å²) in [7, 11) is 0. The Labute approximate surface area is 113 Å². The summed E-state index contributed by atoms with van der Waals surface area (Å²) in [5.74, 6) is 0. The Hall–Kier alpha value is -0.650. The second-order valence-electron chi connectivity index (χ2n) is 3.89. The van der Waals surface area contributed by atoms with Gasteiger partial charge >= 0.3 is 0 Å². The molecule has 0 aliphatic carbocycles. The number of rotatable bonds is 3. The fourth-order valence-corrected chi connectivity index (χ4v) is 2.70. The van der Waals surface area contributed by atoms with E-state index in [9.17, 15) is 5.11 Å². The van der Waals surface area contributed by atoms with E-state index in [1.54, 1.807) is 31.1 Å². The van der Waals surface area contributed by atoms with Crippen LogP contribution in [0.1, 0.15) is 13.8 Å². The highest BCUT2D eigenvalue weighted by molar-refractivity contribution is 9.10. The van der Waals surface area contributed by atoms with Gasteiger partial charge < -0.3 is 5.11 Å². The Kier molecular flexibility index (Phi) is 4.01. The number of nitrogens with zero attached hydrogens (tertiary/aromatic N) is 2. The second-order valence-corrected chi connectivity index (χ2v) is 6.23. The molecule has 0 fully saturated rings. The summed E-state index contributed by atoms with van der Waals surface area (Å²) >= 11 is 5.00. The fraction of sp³-hybridized carbons (Fsp3) is 0.333. The molecule has 0 saturated carbocycles. The Morgan fingerprint density at radius 1 is 1.35 bits per heavy atom. The zero-order valence-corrected chi connectivity index (χ0v) is 12.0. The molecule has 0 radical (unpaired) electrons. The SMILES string of the molecule is CC(O)C(C)Sc1ccnc2cc(Br)cnc12. The van der Waals surface area contributed by atoms with Crippen LogP contribution in [0.15, 0.2) is 33.9 Å². The molecule has 0 bridgehead atoms. The van der Waals surface area contributed by atoms with Gasteiger partial charge in [0, 0.05) is 27.0 Å². The van der Waals surface area contributed by atoms with Crippen LogP contribution in [0.2, 0.25) is 0 Å². The third kappa shape index (κ3) is 2.97. The molecule has 0 aliphatic heterocycles. The maximum Gasteiger partial charge on any atom is 0.102 e. The topological polar surface area (TPSA) is 46.0 Å². The van der Waals surface area contributed by atoms with Crippen LogP contribution in [-0.4, -0.2) is 26.4 Å². The Balaban J connectivity index is 2.41. The molecule has 0 saturated heterocycles. The van der Waals surface area contributed by atoms with Crippen molar-refractivity contribution in [2.45, 2.75) is 30.1 Å². The van der Waals surface area contributed by atoms with Crippen molar-refractivity contribution in [2.75, 3.05) is 0 Å². The van der Waals surface area contributed by atoms with Crippen molar-refractivity contribution in [1.82, 2.24) is 9.97 Å². The van der Waals surface area contributed by atoms with E-state index in [0.29, 0.717) is 0 Å². The largest absolute Gasteiger partial charge is 0.392 e. The highest BCUT2D eigenvalue weighted by Crippen LogP contribution is 2.30. The van der Waals surface area contributed by atoms with Crippen molar-refractivity contribution in [3.63, 3.8) is 0 Å². The summed E-state index contributed by atoms with van der Waals surface area (Å²) in [6.45, 7) is 3.80. The molecule has 17 heavy (non-hydrogen) atoms. The number of halogens is 1. The van der Waals surface area contributed by atoms with Crippen molar-refractivity contribution in [2.24, 2.45) is 0 Å². The number of thioether (sulfide) groups is 1. The quantitative estimate of drug-likeness (QED) is 0.884. The molecule has 0 aromatic carbocycles. The third-order valence-electron chi connectivity index (χ3n) is 2.50. The molecule has 2 heterocycles. The standard InChI is InChI=1S/C12H13BrN2OS/c1-7(16)8(2)17-11-3-4-14-10-5-9(13)6-15-12(10)11/h3-8,16H,1-2H3. The summed E-state index contributed by atoms with van der Waals surface area (Å²) in [5.41, 5.74) is 1.75. The Morgan fingerprint density at radius 3 is 2.82 bits per heavy atom. The van der Waals surface area contributed by atoms with Crippen molar-refractivity contribution in [1.29, 1.82) is 0 Å². The van der Waals surface area contributed by atoms with E-state index >= 15 is 0 Å². The van der Waals surface area contributed by atoms with Crippen LogP contribution in [0.25, 0.3) is 11.0 Å². The number of aromatic nitrogens is 2. The van der Waals surface area contributed by atoms with Crippen LogP contribution in [-0.2, 0) is 0 Å². The highest BCUT2D eigenvalue weighted by Gasteiger charge is 2.13. The molecule has 0 spiro atoms. The minimum Gasteiger partial charge on any atom is -0.392 e. The van der Waals surface area contributed by atoms with Gasteiger partial charge in [-0.1, -0.05) is 6.92 Å². The minimum absolute atomic E-state index is 0.131. The number of hydrogen-bond acceptors (Lipinski definition) is 4. The van der Waals surface area contributed by atoms with Gasteiger partial charge in [0.1, 0.15) is 5.52 Å². The van der Waals surface area contributed by atoms with Gasteiger partial charge in [-0.3, -0.25) is 9.97 Å². The van der Waals surface area contributed by atoms with E-state index in [1.165, 1.54) is 0 Å². The van der Waals surface area contributed by atoms with Crippen LogP contribution in [0.5, 0.6) is 0 Å². The van der Waals surface area contributed by atoms with E-state index < -0.39 is 0 Å². The number of hydrogen-bond donors (Lipinski definition) is 1. The smallest absolute Gasteiger partial charge is 0.102 e. The summed E-state index contributed by atoms with van der Waals surface area (Å²) in [6, 6.07) is 3.88. The normalized spacial score (nSPS) is 14.8. The van der Waals surface area contributed by atoms with Gasteiger partial charge in [0.05, 0.1) is 11.6 Å². The number of fused-ring (bicyclic) bond motifs is 1. The lowest BCUT2D eigenvalue weighted by atomic mass is 10.3. The van der Waals surface area contributed by atoms with E-state index in [0.717, 1.165) is 20.4 Å². The average molecular weight is 313 g/mol. The fourth-order valence-electron chi connectivity index (χ4n) is 1.37. The van der Waals surface area contributed by atoms with Gasteiger partial charge in [-0.05, 0) is 35.0 Å². The van der Waals surface area contributed by atoms with Crippen LogP contribution in [0.4, 0.5) is 0 Å². The second kappa shape index (κ2) is 5.33. The van der Waals surface area contributed by atoms with E-state index in [-0.39, 0.29) is 11.4 Å². The molecule has 3 nitrogen and oxygen atoms in total. The highest BCUT2D eigenvalue weighted by atomic mass is 79.9. The Bertz CT molecular complexity index is 533. The molecule has 0 aliphatic rings. The Morgan fingerprint density at radius 2 is 2.12 bits per heavy atom. The summed E-state index contributed by atoms with van der Waals surface area (Å²) < 4.78 is 0.920. The van der Waals surface area contributed by atoms with Gasteiger partial charge in [0.15, 0.2) is 0 Å². The van der Waals surface area contributed by atoms with E-state index in [1.807, 2.05) is 19.1 Å². The van der Waals surface area contributed by atoms with Crippen LogP contribution < -0.4 is 0 Å². The number of aliphatic hydroxyl groups is 1. The zero-order chi connectivity index (χ0) is 12.4. The molecule has 90 valence electrons. The summed E-state index contributed by atoms with van der Waals surface area (Å²) in [6.07, 6.45) is 3.19. The van der Waals surface area contributed by atoms with Crippen molar-refractivity contribution in [3.05, 3.63) is 29.0 Å². The molecule has 2 aromatic rings. The zero-order valence-electron chi connectivity index (χ0n) is 9.59. The van der Waals surface area contributed by atoms with Gasteiger partial charge in [0.25, 0.3) is 0 Å². The molecule has 2 aromatic heterocycles. The lowest BCUT2D eigenvalue weighted by molar-refractivity contribution is 0.196. The van der Waals surface area contributed by atoms with Crippen molar-refractivity contribution >= 4 is 38.7 Å². The molecule has 2 atom stereocenters. The predicted molar refractivity (Wildman–Crippen MR) is 74.2 cm³/mol. The lowest BCUT2D eigenvalue weighted by Gasteiger charge is -2.14. The third-order valence-corrected chi connectivity index (χ3v) is 4.28. The first-order valence-electron chi connectivity index (χ1n) is 5.33. The summed E-state index contributed by atoms with van der Waals surface area (Å²) in [5, 5.41) is 9.66. The molecule has 2 rings (SSSR count). The maximum atomic E-state index is 9.53. The molecular formula is C12H13BrN2OS. The van der Waals surface area contributed by atoms with E-state index in [4.69, 9.17) is 0 Å². The first-order valence-corrected chi connectivity index (χ1v) is 7.00. The minimum atomic E-state index is -0.348. The first kappa shape index (κ1) is 12.8. The predicted octanol–water partition coefficient (Wildman–Crippen LogP) is 3.25. The van der Waals surface area contributed by atoms with Crippen LogP contribution >= 0.6 is 27.7 Å². The maximum absolute atomic E-state index is 9.53. The van der Waals surface area contributed by atoms with Crippen LogP contribution in [0.3, 0.4) is 0 Å². The molecule has 2 unspecified atom stereocenters. The van der Waals surface area contributed by atoms with Gasteiger partial charge in [0.2, 0.25) is 0 Å². The van der Waals surface area contributed by atoms with Crippen molar-refractivity contribution < 1.29 is 5.11 Å². The average Bonchev–Trinajstić information content (AvgIpc) is 2.28. The molecule has 1 N–H and O–H groups in total. The molecule has 0 amide bonds.